The molecule has 1 saturated heterocycles. The van der Waals surface area contributed by atoms with Crippen molar-refractivity contribution in [2.45, 2.75) is 37.4 Å². The van der Waals surface area contributed by atoms with E-state index in [0.29, 0.717) is 18.7 Å². The maximum atomic E-state index is 13.3. The molecule has 1 fully saturated rings. The summed E-state index contributed by atoms with van der Waals surface area (Å²) in [5.74, 6) is -0.0164. The van der Waals surface area contributed by atoms with E-state index >= 15 is 0 Å². The van der Waals surface area contributed by atoms with Crippen molar-refractivity contribution in [2.75, 3.05) is 27.3 Å². The molecule has 1 heterocycles. The molecule has 0 aliphatic carbocycles. The molecule has 2 atom stereocenters. The number of ether oxygens (including phenoxy) is 2. The summed E-state index contributed by atoms with van der Waals surface area (Å²) in [7, 11) is -0.947. The number of methoxy groups -OCH3 is 1. The van der Waals surface area contributed by atoms with Crippen LogP contribution in [0.4, 0.5) is 0 Å². The number of rotatable bonds is 6. The van der Waals surface area contributed by atoms with Crippen molar-refractivity contribution in [1.29, 1.82) is 0 Å². The quantitative estimate of drug-likeness (QED) is 0.702. The van der Waals surface area contributed by atoms with Crippen LogP contribution in [0.5, 0.6) is 5.75 Å². The fourth-order valence-electron chi connectivity index (χ4n) is 3.46. The van der Waals surface area contributed by atoms with Crippen molar-refractivity contribution < 1.29 is 22.7 Å². The van der Waals surface area contributed by atoms with Gasteiger partial charge in [-0.15, -0.1) is 0 Å². The van der Waals surface area contributed by atoms with Gasteiger partial charge in [0.2, 0.25) is 10.0 Å². The average molecular weight is 433 g/mol. The van der Waals surface area contributed by atoms with Crippen molar-refractivity contribution in [1.82, 2.24) is 9.21 Å². The van der Waals surface area contributed by atoms with E-state index in [9.17, 15) is 13.2 Å². The van der Waals surface area contributed by atoms with Crippen LogP contribution in [0.1, 0.15) is 29.8 Å². The van der Waals surface area contributed by atoms with Gasteiger partial charge in [-0.25, -0.2) is 8.42 Å². The van der Waals surface area contributed by atoms with Crippen LogP contribution >= 0.6 is 0 Å². The van der Waals surface area contributed by atoms with Gasteiger partial charge >= 0.3 is 0 Å². The Bertz CT molecular complexity index is 994. The van der Waals surface area contributed by atoms with E-state index in [4.69, 9.17) is 9.47 Å². The standard InChI is InChI=1S/C22H28N2O5S/c1-16-15-29-17(2)13-24(16)22(25)19-10-11-20(28-4)21(12-19)30(26,27)23(3)14-18-8-6-5-7-9-18/h5-12,16-17H,13-15H2,1-4H3. The van der Waals surface area contributed by atoms with Gasteiger partial charge in [-0.05, 0) is 37.6 Å². The Morgan fingerprint density at radius 1 is 1.20 bits per heavy atom. The van der Waals surface area contributed by atoms with Crippen molar-refractivity contribution >= 4 is 15.9 Å². The molecule has 7 nitrogen and oxygen atoms in total. The summed E-state index contributed by atoms with van der Waals surface area (Å²) in [6.45, 7) is 4.95. The summed E-state index contributed by atoms with van der Waals surface area (Å²) >= 11 is 0. The van der Waals surface area contributed by atoms with Crippen LogP contribution in [0.2, 0.25) is 0 Å². The van der Waals surface area contributed by atoms with Gasteiger partial charge in [0.25, 0.3) is 5.91 Å². The molecule has 0 radical (unpaired) electrons. The Kier molecular flexibility index (Phi) is 6.80. The highest BCUT2D eigenvalue weighted by Crippen LogP contribution is 2.29. The van der Waals surface area contributed by atoms with Gasteiger partial charge in [-0.3, -0.25) is 4.79 Å². The van der Waals surface area contributed by atoms with Crippen LogP contribution < -0.4 is 4.74 Å². The summed E-state index contributed by atoms with van der Waals surface area (Å²) in [6, 6.07) is 13.8. The smallest absolute Gasteiger partial charge is 0.254 e. The van der Waals surface area contributed by atoms with E-state index in [1.54, 1.807) is 11.0 Å². The molecule has 8 heteroatoms. The summed E-state index contributed by atoms with van der Waals surface area (Å²) in [5, 5.41) is 0. The second-order valence-corrected chi connectivity index (χ2v) is 9.58. The lowest BCUT2D eigenvalue weighted by molar-refractivity contribution is -0.0387. The third kappa shape index (κ3) is 4.66. The number of hydrogen-bond acceptors (Lipinski definition) is 5. The third-order valence-corrected chi connectivity index (χ3v) is 7.04. The number of morpholine rings is 1. The monoisotopic (exact) mass is 432 g/mol. The molecule has 0 N–H and O–H groups in total. The predicted octanol–water partition coefficient (Wildman–Crippen LogP) is 2.77. The molecule has 1 aliphatic heterocycles. The van der Waals surface area contributed by atoms with E-state index in [1.807, 2.05) is 44.2 Å². The Hall–Kier alpha value is -2.42. The van der Waals surface area contributed by atoms with Crippen molar-refractivity contribution in [2.24, 2.45) is 0 Å². The van der Waals surface area contributed by atoms with Crippen molar-refractivity contribution in [3.63, 3.8) is 0 Å². The van der Waals surface area contributed by atoms with Crippen LogP contribution in [0.25, 0.3) is 0 Å². The van der Waals surface area contributed by atoms with Gasteiger partial charge in [-0.2, -0.15) is 4.31 Å². The zero-order chi connectivity index (χ0) is 21.9. The van der Waals surface area contributed by atoms with Crippen LogP contribution in [-0.2, 0) is 21.3 Å². The highest BCUT2D eigenvalue weighted by Gasteiger charge is 2.31. The molecule has 0 spiro atoms. The average Bonchev–Trinajstić information content (AvgIpc) is 2.75. The summed E-state index contributed by atoms with van der Waals surface area (Å²) < 4.78 is 38.7. The first-order chi connectivity index (χ1) is 14.2. The Morgan fingerprint density at radius 3 is 2.57 bits per heavy atom. The molecule has 1 aliphatic rings. The Morgan fingerprint density at radius 2 is 1.90 bits per heavy atom. The molecule has 30 heavy (non-hydrogen) atoms. The lowest BCUT2D eigenvalue weighted by atomic mass is 10.1. The first kappa shape index (κ1) is 22.3. The number of carbonyl (C=O) groups excluding carboxylic acids is 1. The third-order valence-electron chi connectivity index (χ3n) is 5.22. The minimum Gasteiger partial charge on any atom is -0.495 e. The fraction of sp³-hybridized carbons (Fsp3) is 0.409. The first-order valence-electron chi connectivity index (χ1n) is 9.85. The highest BCUT2D eigenvalue weighted by atomic mass is 32.2. The lowest BCUT2D eigenvalue weighted by Gasteiger charge is -2.37. The van der Waals surface area contributed by atoms with Crippen LogP contribution in [0, 0.1) is 0 Å². The van der Waals surface area contributed by atoms with E-state index in [-0.39, 0.29) is 35.2 Å². The van der Waals surface area contributed by atoms with Crippen LogP contribution in [0.15, 0.2) is 53.4 Å². The fourth-order valence-corrected chi connectivity index (χ4v) is 4.79. The molecule has 0 bridgehead atoms. The van der Waals surface area contributed by atoms with Crippen molar-refractivity contribution in [3.05, 3.63) is 59.7 Å². The molecule has 0 aromatic heterocycles. The number of carbonyl (C=O) groups is 1. The SMILES string of the molecule is COc1ccc(C(=O)N2CC(C)OCC2C)cc1S(=O)(=O)N(C)Cc1ccccc1. The second kappa shape index (κ2) is 9.16. The maximum absolute atomic E-state index is 13.3. The summed E-state index contributed by atoms with van der Waals surface area (Å²) in [4.78, 5) is 14.8. The maximum Gasteiger partial charge on any atom is 0.254 e. The Labute approximate surface area is 178 Å². The minimum atomic E-state index is -3.88. The van der Waals surface area contributed by atoms with Crippen LogP contribution in [0.3, 0.4) is 0 Å². The lowest BCUT2D eigenvalue weighted by Crippen LogP contribution is -2.50. The zero-order valence-electron chi connectivity index (χ0n) is 17.7. The van der Waals surface area contributed by atoms with Gasteiger partial charge in [0, 0.05) is 25.7 Å². The normalized spacial score (nSPS) is 19.7. The van der Waals surface area contributed by atoms with E-state index in [2.05, 4.69) is 0 Å². The van der Waals surface area contributed by atoms with Gasteiger partial charge < -0.3 is 14.4 Å². The molecule has 0 saturated carbocycles. The van der Waals surface area contributed by atoms with E-state index in [1.165, 1.54) is 30.6 Å². The van der Waals surface area contributed by atoms with Gasteiger partial charge in [0.15, 0.2) is 0 Å². The highest BCUT2D eigenvalue weighted by molar-refractivity contribution is 7.89. The molecular weight excluding hydrogens is 404 g/mol. The number of hydrogen-bond donors (Lipinski definition) is 0. The van der Waals surface area contributed by atoms with Crippen LogP contribution in [-0.4, -0.2) is 63.0 Å². The van der Waals surface area contributed by atoms with Crippen molar-refractivity contribution in [3.8, 4) is 5.75 Å². The molecule has 3 rings (SSSR count). The molecule has 2 aromatic rings. The number of sulfonamides is 1. The number of amides is 1. The number of nitrogens with zero attached hydrogens (tertiary/aromatic N) is 2. The topological polar surface area (TPSA) is 76.1 Å². The van der Waals surface area contributed by atoms with Gasteiger partial charge in [0.1, 0.15) is 10.6 Å². The molecule has 162 valence electrons. The molecule has 2 aromatic carbocycles. The molecular formula is C22H28N2O5S. The van der Waals surface area contributed by atoms with Gasteiger partial charge in [-0.1, -0.05) is 30.3 Å². The Balaban J connectivity index is 1.93. The largest absolute Gasteiger partial charge is 0.495 e. The number of benzene rings is 2. The molecule has 1 amide bonds. The van der Waals surface area contributed by atoms with Gasteiger partial charge in [0.05, 0.1) is 25.9 Å². The zero-order valence-corrected chi connectivity index (χ0v) is 18.6. The summed E-state index contributed by atoms with van der Waals surface area (Å²) in [5.41, 5.74) is 1.18. The predicted molar refractivity (Wildman–Crippen MR) is 114 cm³/mol. The second-order valence-electron chi connectivity index (χ2n) is 7.56. The molecule has 2 unspecified atom stereocenters. The summed E-state index contributed by atoms with van der Waals surface area (Å²) in [6.07, 6.45) is -0.0661. The minimum absolute atomic E-state index is 0.0248. The first-order valence-corrected chi connectivity index (χ1v) is 11.3. The van der Waals surface area contributed by atoms with E-state index < -0.39 is 10.0 Å². The van der Waals surface area contributed by atoms with E-state index in [0.717, 1.165) is 5.56 Å².